The molecule has 0 bridgehead atoms. The molecule has 0 spiro atoms. The average molecular weight is 253 g/mol. The molecule has 2 heteroatoms. The molecule has 2 atom stereocenters. The Morgan fingerprint density at radius 1 is 1.28 bits per heavy atom. The first kappa shape index (κ1) is 15.7. The molecule has 18 heavy (non-hydrogen) atoms. The molecule has 1 rings (SSSR count). The molecule has 106 valence electrons. The summed E-state index contributed by atoms with van der Waals surface area (Å²) in [6.45, 7) is 10.2. The molecule has 0 aliphatic carbocycles. The van der Waals surface area contributed by atoms with Gasteiger partial charge in [-0.05, 0) is 44.2 Å². The van der Waals surface area contributed by atoms with Crippen LogP contribution in [0.1, 0.15) is 51.9 Å². The van der Waals surface area contributed by atoms with E-state index in [0.717, 1.165) is 13.0 Å². The third-order valence-electron chi connectivity index (χ3n) is 4.27. The highest BCUT2D eigenvalue weighted by Gasteiger charge is 2.26. The van der Waals surface area contributed by atoms with Crippen molar-refractivity contribution < 1.29 is 5.11 Å². The molecule has 0 aromatic rings. The van der Waals surface area contributed by atoms with Crippen LogP contribution in [0.15, 0.2) is 12.7 Å². The van der Waals surface area contributed by atoms with Crippen molar-refractivity contribution in [2.24, 2.45) is 11.8 Å². The van der Waals surface area contributed by atoms with Crippen LogP contribution >= 0.6 is 0 Å². The number of hydrogen-bond acceptors (Lipinski definition) is 2. The molecule has 1 aliphatic heterocycles. The summed E-state index contributed by atoms with van der Waals surface area (Å²) in [7, 11) is 0. The largest absolute Gasteiger partial charge is 0.396 e. The van der Waals surface area contributed by atoms with Crippen LogP contribution in [-0.4, -0.2) is 36.2 Å². The van der Waals surface area contributed by atoms with Crippen LogP contribution in [0.4, 0.5) is 0 Å². The summed E-state index contributed by atoms with van der Waals surface area (Å²) in [6, 6.07) is 0. The summed E-state index contributed by atoms with van der Waals surface area (Å²) < 4.78 is 0. The van der Waals surface area contributed by atoms with Crippen molar-refractivity contribution in [1.29, 1.82) is 0 Å². The molecule has 1 aliphatic rings. The highest BCUT2D eigenvalue weighted by atomic mass is 16.3. The van der Waals surface area contributed by atoms with Gasteiger partial charge in [-0.3, -0.25) is 0 Å². The molecular formula is C16H31NO. The Bertz CT molecular complexity index is 217. The second-order valence-corrected chi connectivity index (χ2v) is 5.68. The van der Waals surface area contributed by atoms with Crippen LogP contribution in [0.2, 0.25) is 0 Å². The molecule has 0 radical (unpaired) electrons. The maximum Gasteiger partial charge on any atom is 0.0433 e. The van der Waals surface area contributed by atoms with Crippen LogP contribution in [0.5, 0.6) is 0 Å². The highest BCUT2D eigenvalue weighted by Crippen LogP contribution is 2.27. The standard InChI is InChI=1S/C16H31NO/c1-3-5-6-7-8-11-17-12-9-16(10-13-18)15(4-2)14-17/h4,15-16,18H,2-3,5-14H2,1H3/t15-,16+/m0/s1. The number of aliphatic hydroxyl groups is 1. The molecule has 0 aromatic heterocycles. The molecule has 0 saturated carbocycles. The average Bonchev–Trinajstić information content (AvgIpc) is 2.40. The van der Waals surface area contributed by atoms with Crippen LogP contribution in [0, 0.1) is 11.8 Å². The van der Waals surface area contributed by atoms with Gasteiger partial charge in [0, 0.05) is 13.2 Å². The van der Waals surface area contributed by atoms with E-state index in [9.17, 15) is 0 Å². The van der Waals surface area contributed by atoms with E-state index in [1.54, 1.807) is 0 Å². The van der Waals surface area contributed by atoms with Crippen molar-refractivity contribution in [3.63, 3.8) is 0 Å². The Hall–Kier alpha value is -0.340. The topological polar surface area (TPSA) is 23.5 Å². The minimum Gasteiger partial charge on any atom is -0.396 e. The molecule has 0 aromatic carbocycles. The van der Waals surface area contributed by atoms with E-state index < -0.39 is 0 Å². The van der Waals surface area contributed by atoms with Crippen molar-refractivity contribution in [2.75, 3.05) is 26.2 Å². The third-order valence-corrected chi connectivity index (χ3v) is 4.27. The molecule has 0 amide bonds. The molecule has 1 heterocycles. The van der Waals surface area contributed by atoms with E-state index in [-0.39, 0.29) is 0 Å². The number of rotatable bonds is 9. The first-order valence-electron chi connectivity index (χ1n) is 7.77. The summed E-state index contributed by atoms with van der Waals surface area (Å²) in [6.07, 6.45) is 11.1. The molecule has 2 nitrogen and oxygen atoms in total. The maximum atomic E-state index is 9.07. The van der Waals surface area contributed by atoms with Gasteiger partial charge >= 0.3 is 0 Å². The van der Waals surface area contributed by atoms with Crippen LogP contribution in [0.25, 0.3) is 0 Å². The first-order chi connectivity index (χ1) is 8.81. The van der Waals surface area contributed by atoms with Gasteiger partial charge in [-0.25, -0.2) is 0 Å². The highest BCUT2D eigenvalue weighted by molar-refractivity contribution is 4.90. The second kappa shape index (κ2) is 9.57. The molecule has 1 fully saturated rings. The Morgan fingerprint density at radius 2 is 2.06 bits per heavy atom. The number of likely N-dealkylation sites (tertiary alicyclic amines) is 1. The minimum atomic E-state index is 0.325. The lowest BCUT2D eigenvalue weighted by Gasteiger charge is -2.37. The number of piperidine rings is 1. The Labute approximate surface area is 113 Å². The fourth-order valence-corrected chi connectivity index (χ4v) is 3.03. The fraction of sp³-hybridized carbons (Fsp3) is 0.875. The lowest BCUT2D eigenvalue weighted by molar-refractivity contribution is 0.121. The number of aliphatic hydroxyl groups excluding tert-OH is 1. The quantitative estimate of drug-likeness (QED) is 0.502. The van der Waals surface area contributed by atoms with Crippen LogP contribution < -0.4 is 0 Å². The molecular weight excluding hydrogens is 222 g/mol. The smallest absolute Gasteiger partial charge is 0.0433 e. The van der Waals surface area contributed by atoms with Crippen molar-refractivity contribution in [3.8, 4) is 0 Å². The Kier molecular flexibility index (Phi) is 8.36. The van der Waals surface area contributed by atoms with Gasteiger partial charge in [-0.1, -0.05) is 38.7 Å². The summed E-state index contributed by atoms with van der Waals surface area (Å²) in [4.78, 5) is 2.59. The second-order valence-electron chi connectivity index (χ2n) is 5.68. The lowest BCUT2D eigenvalue weighted by atomic mass is 9.83. The van der Waals surface area contributed by atoms with Crippen LogP contribution in [-0.2, 0) is 0 Å². The number of unbranched alkanes of at least 4 members (excludes halogenated alkanes) is 4. The van der Waals surface area contributed by atoms with E-state index in [4.69, 9.17) is 5.11 Å². The SMILES string of the molecule is C=C[C@H]1CN(CCCCCCC)CC[C@@H]1CCO. The van der Waals surface area contributed by atoms with Gasteiger partial charge in [0.05, 0.1) is 0 Å². The van der Waals surface area contributed by atoms with Gasteiger partial charge in [0.25, 0.3) is 0 Å². The minimum absolute atomic E-state index is 0.325. The number of nitrogens with zero attached hydrogens (tertiary/aromatic N) is 1. The third kappa shape index (κ3) is 5.53. The number of hydrogen-bond donors (Lipinski definition) is 1. The lowest BCUT2D eigenvalue weighted by Crippen LogP contribution is -2.40. The Morgan fingerprint density at radius 3 is 2.72 bits per heavy atom. The van der Waals surface area contributed by atoms with E-state index in [1.165, 1.54) is 51.6 Å². The van der Waals surface area contributed by atoms with Gasteiger partial charge in [-0.15, -0.1) is 6.58 Å². The van der Waals surface area contributed by atoms with Gasteiger partial charge in [0.15, 0.2) is 0 Å². The van der Waals surface area contributed by atoms with Gasteiger partial charge in [-0.2, -0.15) is 0 Å². The summed E-state index contributed by atoms with van der Waals surface area (Å²) in [5.41, 5.74) is 0. The first-order valence-corrected chi connectivity index (χ1v) is 7.77. The molecule has 0 unspecified atom stereocenters. The van der Waals surface area contributed by atoms with E-state index in [1.807, 2.05) is 0 Å². The van der Waals surface area contributed by atoms with Crippen molar-refractivity contribution in [2.45, 2.75) is 51.9 Å². The van der Waals surface area contributed by atoms with Crippen molar-refractivity contribution in [3.05, 3.63) is 12.7 Å². The zero-order valence-electron chi connectivity index (χ0n) is 12.1. The van der Waals surface area contributed by atoms with Gasteiger partial charge in [0.1, 0.15) is 0 Å². The predicted molar refractivity (Wildman–Crippen MR) is 78.7 cm³/mol. The fourth-order valence-electron chi connectivity index (χ4n) is 3.03. The maximum absolute atomic E-state index is 9.07. The van der Waals surface area contributed by atoms with E-state index >= 15 is 0 Å². The molecule has 1 saturated heterocycles. The zero-order valence-corrected chi connectivity index (χ0v) is 12.1. The summed E-state index contributed by atoms with van der Waals surface area (Å²) >= 11 is 0. The normalized spacial score (nSPS) is 25.2. The van der Waals surface area contributed by atoms with E-state index in [2.05, 4.69) is 24.5 Å². The van der Waals surface area contributed by atoms with Gasteiger partial charge < -0.3 is 10.0 Å². The van der Waals surface area contributed by atoms with Crippen LogP contribution in [0.3, 0.4) is 0 Å². The van der Waals surface area contributed by atoms with Crippen molar-refractivity contribution in [1.82, 2.24) is 4.90 Å². The summed E-state index contributed by atoms with van der Waals surface area (Å²) in [5.74, 6) is 1.24. The summed E-state index contributed by atoms with van der Waals surface area (Å²) in [5, 5.41) is 9.07. The Balaban J connectivity index is 2.19. The monoisotopic (exact) mass is 253 g/mol. The van der Waals surface area contributed by atoms with E-state index in [0.29, 0.717) is 18.4 Å². The van der Waals surface area contributed by atoms with Gasteiger partial charge in [0.2, 0.25) is 0 Å². The molecule has 1 N–H and O–H groups in total. The predicted octanol–water partition coefficient (Wildman–Crippen LogP) is 3.46. The zero-order chi connectivity index (χ0) is 13.2. The van der Waals surface area contributed by atoms with Crippen molar-refractivity contribution >= 4 is 0 Å².